The van der Waals surface area contributed by atoms with Crippen LogP contribution in [0.15, 0.2) is 53.5 Å². The molecule has 1 aliphatic heterocycles. The number of methoxy groups -OCH3 is 1. The number of aliphatic imine (C=N–C) groups is 1. The monoisotopic (exact) mass is 335 g/mol. The van der Waals surface area contributed by atoms with Crippen molar-refractivity contribution in [3.63, 3.8) is 0 Å². The molecule has 1 aliphatic rings. The molecule has 4 nitrogen and oxygen atoms in total. The first-order chi connectivity index (χ1) is 11.4. The van der Waals surface area contributed by atoms with Gasteiger partial charge in [0, 0.05) is 0 Å². The lowest BCUT2D eigenvalue weighted by Gasteiger charge is -2.34. The molecule has 1 unspecified atom stereocenters. The van der Waals surface area contributed by atoms with E-state index in [1.54, 1.807) is 36.4 Å². The summed E-state index contributed by atoms with van der Waals surface area (Å²) in [6.45, 7) is 1.92. The summed E-state index contributed by atoms with van der Waals surface area (Å²) in [6.07, 6.45) is -4.53. The number of alkyl halides is 3. The summed E-state index contributed by atoms with van der Waals surface area (Å²) in [4.78, 5) is 4.06. The zero-order chi connectivity index (χ0) is 17.3. The van der Waals surface area contributed by atoms with Gasteiger partial charge in [-0.2, -0.15) is 5.01 Å². The Balaban J connectivity index is 2.01. The predicted octanol–water partition coefficient (Wildman–Crippen LogP) is 4.29. The largest absolute Gasteiger partial charge is 0.504 e. The highest BCUT2D eigenvalue weighted by Crippen LogP contribution is 2.38. The van der Waals surface area contributed by atoms with Crippen LogP contribution in [0.2, 0.25) is 0 Å². The van der Waals surface area contributed by atoms with E-state index in [0.29, 0.717) is 17.0 Å². The molecule has 0 N–H and O–H groups in total. The molecule has 2 aromatic carbocycles. The number of ether oxygens (including phenoxy) is 1. The average Bonchev–Trinajstić information content (AvgIpc) is 3.01. The molecule has 0 saturated heterocycles. The van der Waals surface area contributed by atoms with E-state index in [2.05, 4.69) is 4.99 Å². The summed E-state index contributed by atoms with van der Waals surface area (Å²) in [5.74, 6) is 0.573. The number of aryl methyl sites for hydroxylation is 1. The fourth-order valence-electron chi connectivity index (χ4n) is 2.52. The Kier molecular flexibility index (Phi) is 4.09. The van der Waals surface area contributed by atoms with E-state index in [-0.39, 0.29) is 5.01 Å². The third kappa shape index (κ3) is 3.02. The van der Waals surface area contributed by atoms with E-state index in [9.17, 15) is 13.2 Å². The van der Waals surface area contributed by atoms with Crippen molar-refractivity contribution in [2.24, 2.45) is 4.99 Å². The van der Waals surface area contributed by atoms with Crippen molar-refractivity contribution in [1.82, 2.24) is 5.01 Å². The lowest BCUT2D eigenvalue weighted by molar-refractivity contribution is -0.218. The molecule has 0 saturated carbocycles. The SMILES string of the molecule is COc1ccc(N2C(c3ccc(C)cc3)N=CN2C(F)(F)F)cc1. The molecule has 1 atom stereocenters. The summed E-state index contributed by atoms with van der Waals surface area (Å²) in [7, 11) is 1.51. The minimum atomic E-state index is -4.57. The topological polar surface area (TPSA) is 28.1 Å². The Morgan fingerprint density at radius 1 is 1.00 bits per heavy atom. The van der Waals surface area contributed by atoms with Gasteiger partial charge in [-0.15, -0.1) is 13.2 Å². The number of anilines is 1. The van der Waals surface area contributed by atoms with Crippen LogP contribution in [0.4, 0.5) is 18.9 Å². The fourth-order valence-corrected chi connectivity index (χ4v) is 2.52. The molecule has 0 bridgehead atoms. The van der Waals surface area contributed by atoms with Crippen LogP contribution in [-0.4, -0.2) is 24.8 Å². The van der Waals surface area contributed by atoms with E-state index in [1.165, 1.54) is 7.11 Å². The molecule has 7 heteroatoms. The molecule has 0 aliphatic carbocycles. The van der Waals surface area contributed by atoms with E-state index >= 15 is 0 Å². The van der Waals surface area contributed by atoms with Gasteiger partial charge >= 0.3 is 6.30 Å². The van der Waals surface area contributed by atoms with Gasteiger partial charge in [0.15, 0.2) is 6.17 Å². The van der Waals surface area contributed by atoms with Crippen molar-refractivity contribution < 1.29 is 17.9 Å². The van der Waals surface area contributed by atoms with E-state index in [0.717, 1.165) is 16.9 Å². The predicted molar refractivity (Wildman–Crippen MR) is 85.8 cm³/mol. The van der Waals surface area contributed by atoms with Gasteiger partial charge in [-0.3, -0.25) is 0 Å². The minimum Gasteiger partial charge on any atom is -0.497 e. The lowest BCUT2D eigenvalue weighted by atomic mass is 10.1. The Morgan fingerprint density at radius 3 is 2.17 bits per heavy atom. The second-order valence-corrected chi connectivity index (χ2v) is 5.40. The van der Waals surface area contributed by atoms with Crippen molar-refractivity contribution in [2.45, 2.75) is 19.4 Å². The summed E-state index contributed by atoms with van der Waals surface area (Å²) in [5.41, 5.74) is 2.08. The third-order valence-corrected chi connectivity index (χ3v) is 3.75. The molecule has 2 aromatic rings. The van der Waals surface area contributed by atoms with Crippen molar-refractivity contribution in [3.05, 3.63) is 59.7 Å². The summed E-state index contributed by atoms with van der Waals surface area (Å²) in [5, 5.41) is 1.31. The van der Waals surface area contributed by atoms with E-state index < -0.39 is 12.5 Å². The maximum Gasteiger partial charge on any atom is 0.504 e. The van der Waals surface area contributed by atoms with Crippen LogP contribution in [-0.2, 0) is 0 Å². The minimum absolute atomic E-state index is 0.194. The molecule has 126 valence electrons. The van der Waals surface area contributed by atoms with Gasteiger partial charge in [-0.05, 0) is 36.8 Å². The zero-order valence-corrected chi connectivity index (χ0v) is 13.2. The first-order valence-electron chi connectivity index (χ1n) is 7.29. The highest BCUT2D eigenvalue weighted by Gasteiger charge is 2.45. The Bertz CT molecular complexity index is 726. The number of benzene rings is 2. The van der Waals surface area contributed by atoms with Crippen LogP contribution in [0.3, 0.4) is 0 Å². The van der Waals surface area contributed by atoms with Gasteiger partial charge in [-0.1, -0.05) is 29.8 Å². The highest BCUT2D eigenvalue weighted by atomic mass is 19.4. The summed E-state index contributed by atoms with van der Waals surface area (Å²) in [6, 6.07) is 13.7. The molecule has 0 fully saturated rings. The van der Waals surface area contributed by atoms with Crippen molar-refractivity contribution in [3.8, 4) is 5.75 Å². The van der Waals surface area contributed by atoms with Crippen LogP contribution in [0, 0.1) is 6.92 Å². The van der Waals surface area contributed by atoms with Crippen LogP contribution >= 0.6 is 0 Å². The molecule has 3 rings (SSSR count). The number of nitrogens with zero attached hydrogens (tertiary/aromatic N) is 3. The van der Waals surface area contributed by atoms with Crippen LogP contribution in [0.1, 0.15) is 17.3 Å². The summed E-state index contributed by atoms with van der Waals surface area (Å²) < 4.78 is 45.2. The number of halogens is 3. The molecule has 0 amide bonds. The van der Waals surface area contributed by atoms with Crippen molar-refractivity contribution in [2.75, 3.05) is 12.1 Å². The average molecular weight is 335 g/mol. The van der Waals surface area contributed by atoms with Crippen LogP contribution in [0.5, 0.6) is 5.75 Å². The Hall–Kier alpha value is -2.70. The third-order valence-electron chi connectivity index (χ3n) is 3.75. The van der Waals surface area contributed by atoms with Crippen molar-refractivity contribution >= 4 is 12.0 Å². The number of rotatable bonds is 3. The maximum absolute atomic E-state index is 13.4. The van der Waals surface area contributed by atoms with Crippen LogP contribution in [0.25, 0.3) is 0 Å². The van der Waals surface area contributed by atoms with Crippen LogP contribution < -0.4 is 9.75 Å². The second-order valence-electron chi connectivity index (χ2n) is 5.40. The van der Waals surface area contributed by atoms with Gasteiger partial charge in [0.25, 0.3) is 0 Å². The molecule has 24 heavy (non-hydrogen) atoms. The van der Waals surface area contributed by atoms with Gasteiger partial charge < -0.3 is 4.74 Å². The molecular weight excluding hydrogens is 319 g/mol. The van der Waals surface area contributed by atoms with Gasteiger partial charge in [0.2, 0.25) is 0 Å². The highest BCUT2D eigenvalue weighted by molar-refractivity contribution is 5.67. The number of hydrazine groups is 1. The van der Waals surface area contributed by atoms with Gasteiger partial charge in [0.1, 0.15) is 12.1 Å². The molecule has 0 aromatic heterocycles. The van der Waals surface area contributed by atoms with Gasteiger partial charge in [0.05, 0.1) is 12.8 Å². The molecule has 0 spiro atoms. The van der Waals surface area contributed by atoms with Crippen molar-refractivity contribution in [1.29, 1.82) is 0 Å². The Morgan fingerprint density at radius 2 is 1.62 bits per heavy atom. The quantitative estimate of drug-likeness (QED) is 0.784. The zero-order valence-electron chi connectivity index (χ0n) is 13.2. The fraction of sp³-hybridized carbons (Fsp3) is 0.235. The van der Waals surface area contributed by atoms with Gasteiger partial charge in [-0.25, -0.2) is 10.0 Å². The molecule has 1 heterocycles. The molecular formula is C17H16F3N3O. The Labute approximate surface area is 137 Å². The van der Waals surface area contributed by atoms with E-state index in [1.807, 2.05) is 19.1 Å². The number of hydrogen-bond acceptors (Lipinski definition) is 4. The lowest BCUT2D eigenvalue weighted by Crippen LogP contribution is -2.47. The maximum atomic E-state index is 13.4. The normalized spacial score (nSPS) is 17.5. The first-order valence-corrected chi connectivity index (χ1v) is 7.29. The summed E-state index contributed by atoms with van der Waals surface area (Å²) >= 11 is 0. The van der Waals surface area contributed by atoms with E-state index in [4.69, 9.17) is 4.74 Å². The number of hydrogen-bond donors (Lipinski definition) is 0. The standard InChI is InChI=1S/C17H16F3N3O/c1-12-3-5-13(6-4-12)16-21-11-22(17(18,19)20)23(16)14-7-9-15(24-2)10-8-14/h3-11,16H,1-2H3. The smallest absolute Gasteiger partial charge is 0.497 e. The second kappa shape index (κ2) is 6.07. The first kappa shape index (κ1) is 16.2. The molecule has 0 radical (unpaired) electrons.